The lowest BCUT2D eigenvalue weighted by Gasteiger charge is -2.23. The molecule has 0 saturated carbocycles. The van der Waals surface area contributed by atoms with Crippen LogP contribution in [-0.2, 0) is 10.8 Å². The third-order valence-corrected chi connectivity index (χ3v) is 3.96. The summed E-state index contributed by atoms with van der Waals surface area (Å²) >= 11 is 8.80. The van der Waals surface area contributed by atoms with Gasteiger partial charge < -0.3 is 4.90 Å². The first-order chi connectivity index (χ1) is 5.25. The van der Waals surface area contributed by atoms with Crippen LogP contribution < -0.4 is 0 Å². The van der Waals surface area contributed by atoms with Crippen molar-refractivity contribution in [1.29, 1.82) is 0 Å². The lowest BCUT2D eigenvalue weighted by Crippen LogP contribution is -2.33. The molecule has 0 aromatic carbocycles. The van der Waals surface area contributed by atoms with Gasteiger partial charge in [-0.1, -0.05) is 12.2 Å². The first-order valence-electron chi connectivity index (χ1n) is 3.57. The van der Waals surface area contributed by atoms with Gasteiger partial charge in [-0.05, 0) is 20.8 Å². The number of rotatable bonds is 2. The Morgan fingerprint density at radius 2 is 2.00 bits per heavy atom. The van der Waals surface area contributed by atoms with Crippen molar-refractivity contribution < 1.29 is 4.21 Å². The molecule has 72 valence electrons. The average molecular weight is 225 g/mol. The van der Waals surface area contributed by atoms with E-state index in [1.807, 2.05) is 20.8 Å². The monoisotopic (exact) mass is 225 g/mol. The predicted octanol–water partition coefficient (Wildman–Crippen LogP) is 1.64. The van der Waals surface area contributed by atoms with Crippen LogP contribution in [0.3, 0.4) is 0 Å². The van der Waals surface area contributed by atoms with Crippen LogP contribution in [0.5, 0.6) is 0 Å². The van der Waals surface area contributed by atoms with E-state index >= 15 is 0 Å². The van der Waals surface area contributed by atoms with E-state index in [9.17, 15) is 4.21 Å². The molecule has 0 aliphatic heterocycles. The normalized spacial score (nSPS) is 14.1. The Morgan fingerprint density at radius 1 is 1.58 bits per heavy atom. The highest BCUT2D eigenvalue weighted by Crippen LogP contribution is 2.12. The minimum atomic E-state index is -0.898. The fourth-order valence-corrected chi connectivity index (χ4v) is 1.61. The van der Waals surface area contributed by atoms with Gasteiger partial charge in [-0.15, -0.1) is 12.6 Å². The zero-order valence-electron chi connectivity index (χ0n) is 7.83. The predicted molar refractivity (Wildman–Crippen MR) is 62.1 cm³/mol. The molecule has 0 aliphatic carbocycles. The summed E-state index contributed by atoms with van der Waals surface area (Å²) in [5, 5.41) is 0. The third-order valence-electron chi connectivity index (χ3n) is 1.32. The van der Waals surface area contributed by atoms with Gasteiger partial charge in [0.1, 0.15) is 4.32 Å². The van der Waals surface area contributed by atoms with Crippen LogP contribution in [-0.4, -0.2) is 31.1 Å². The van der Waals surface area contributed by atoms with Crippen molar-refractivity contribution in [2.45, 2.75) is 25.5 Å². The summed E-state index contributed by atoms with van der Waals surface area (Å²) in [6.45, 7) is 5.83. The number of hydrogen-bond acceptors (Lipinski definition) is 2. The zero-order valence-corrected chi connectivity index (χ0v) is 10.4. The summed E-state index contributed by atoms with van der Waals surface area (Å²) in [7, 11) is 0.892. The van der Waals surface area contributed by atoms with E-state index in [1.165, 1.54) is 0 Å². The quantitative estimate of drug-likeness (QED) is 0.570. The van der Waals surface area contributed by atoms with E-state index in [0.29, 0.717) is 10.2 Å². The van der Waals surface area contributed by atoms with Gasteiger partial charge >= 0.3 is 0 Å². The van der Waals surface area contributed by atoms with Crippen molar-refractivity contribution in [3.63, 3.8) is 0 Å². The fourth-order valence-electron chi connectivity index (χ4n) is 0.425. The number of nitrogens with zero attached hydrogens (tertiary/aromatic N) is 1. The molecule has 0 N–H and O–H groups in total. The summed E-state index contributed by atoms with van der Waals surface area (Å²) in [4.78, 5) is 1.71. The van der Waals surface area contributed by atoms with Crippen LogP contribution in [0.2, 0.25) is 0 Å². The van der Waals surface area contributed by atoms with E-state index in [4.69, 9.17) is 12.2 Å². The fraction of sp³-hybridized carbons (Fsp3) is 0.857. The Balaban J connectivity index is 4.11. The van der Waals surface area contributed by atoms with Crippen molar-refractivity contribution in [1.82, 2.24) is 4.90 Å². The first kappa shape index (κ1) is 12.4. The maximum atomic E-state index is 11.6. The van der Waals surface area contributed by atoms with Crippen LogP contribution in [0.25, 0.3) is 0 Å². The van der Waals surface area contributed by atoms with Crippen LogP contribution in [0, 0.1) is 0 Å². The van der Waals surface area contributed by atoms with Crippen molar-refractivity contribution in [2.24, 2.45) is 0 Å². The third kappa shape index (κ3) is 4.42. The van der Waals surface area contributed by atoms with Crippen LogP contribution in [0.15, 0.2) is 0 Å². The Hall–Kier alpha value is 0.390. The lowest BCUT2D eigenvalue weighted by atomic mass is 10.3. The molecule has 5 heteroatoms. The molecule has 0 heterocycles. The van der Waals surface area contributed by atoms with Crippen LogP contribution >= 0.6 is 24.8 Å². The lowest BCUT2D eigenvalue weighted by molar-refractivity contribution is 0.581. The van der Waals surface area contributed by atoms with Crippen molar-refractivity contribution in [3.8, 4) is 0 Å². The molecule has 0 aromatic heterocycles. The molecule has 1 atom stereocenters. The van der Waals surface area contributed by atoms with E-state index < -0.39 is 10.8 Å². The highest BCUT2D eigenvalue weighted by Gasteiger charge is 2.20. The molecule has 0 spiro atoms. The van der Waals surface area contributed by atoms with Crippen molar-refractivity contribution in [2.75, 3.05) is 12.9 Å². The summed E-state index contributed by atoms with van der Waals surface area (Å²) in [6, 6.07) is 0. The molecule has 0 amide bonds. The number of thiol groups is 1. The average Bonchev–Trinajstić information content (AvgIpc) is 1.85. The molecule has 2 nitrogen and oxygen atoms in total. The summed E-state index contributed by atoms with van der Waals surface area (Å²) in [5.74, 6) is 0.450. The highest BCUT2D eigenvalue weighted by molar-refractivity contribution is 8.11. The molecule has 0 bridgehead atoms. The van der Waals surface area contributed by atoms with Crippen LogP contribution in [0.4, 0.5) is 0 Å². The van der Waals surface area contributed by atoms with E-state index in [0.717, 1.165) is 0 Å². The molecular weight excluding hydrogens is 210 g/mol. The molecule has 0 radical (unpaired) electrons. The molecule has 0 saturated heterocycles. The smallest absolute Gasteiger partial charge is 0.133 e. The van der Waals surface area contributed by atoms with Gasteiger partial charge in [-0.3, -0.25) is 4.21 Å². The van der Waals surface area contributed by atoms with Gasteiger partial charge in [-0.2, -0.15) is 0 Å². The van der Waals surface area contributed by atoms with Crippen molar-refractivity contribution >= 4 is 40.0 Å². The maximum absolute atomic E-state index is 11.6. The molecule has 0 rings (SSSR count). The topological polar surface area (TPSA) is 20.3 Å². The van der Waals surface area contributed by atoms with Crippen molar-refractivity contribution in [3.05, 3.63) is 0 Å². The minimum Gasteiger partial charge on any atom is -0.349 e. The standard InChI is InChI=1S/C7H15NOS3/c1-7(2,3)12(9)5-8(4)6(10)11/h5H2,1-4H3,(H,10,11). The Labute approximate surface area is 87.6 Å². The second kappa shape index (κ2) is 4.58. The number of thiocarbonyl (C=S) groups is 1. The number of hydrogen-bond donors (Lipinski definition) is 1. The summed E-state index contributed by atoms with van der Waals surface area (Å²) < 4.78 is 11.8. The second-order valence-corrected chi connectivity index (χ2v) is 6.85. The van der Waals surface area contributed by atoms with E-state index in [-0.39, 0.29) is 4.75 Å². The SMILES string of the molecule is CN(CS(=O)C(C)(C)C)C(=S)S. The zero-order chi connectivity index (χ0) is 9.94. The first-order valence-corrected chi connectivity index (χ1v) is 5.75. The molecule has 1 unspecified atom stereocenters. The van der Waals surface area contributed by atoms with Gasteiger partial charge in [0, 0.05) is 22.6 Å². The summed E-state index contributed by atoms with van der Waals surface area (Å²) in [6.07, 6.45) is 0. The highest BCUT2D eigenvalue weighted by atomic mass is 32.2. The summed E-state index contributed by atoms with van der Waals surface area (Å²) in [5.41, 5.74) is 0. The van der Waals surface area contributed by atoms with Gasteiger partial charge in [0.05, 0.1) is 5.88 Å². The van der Waals surface area contributed by atoms with E-state index in [2.05, 4.69) is 12.6 Å². The Morgan fingerprint density at radius 3 is 2.25 bits per heavy atom. The maximum Gasteiger partial charge on any atom is 0.133 e. The molecule has 0 aromatic rings. The van der Waals surface area contributed by atoms with Gasteiger partial charge in [0.25, 0.3) is 0 Å². The van der Waals surface area contributed by atoms with Gasteiger partial charge in [0.15, 0.2) is 0 Å². The molecular formula is C7H15NOS3. The second-order valence-electron chi connectivity index (χ2n) is 3.57. The minimum absolute atomic E-state index is 0.188. The van der Waals surface area contributed by atoms with Gasteiger partial charge in [0.2, 0.25) is 0 Å². The van der Waals surface area contributed by atoms with Gasteiger partial charge in [-0.25, -0.2) is 0 Å². The Kier molecular flexibility index (Phi) is 4.73. The molecule has 0 aliphatic rings. The molecule has 0 fully saturated rings. The largest absolute Gasteiger partial charge is 0.349 e. The van der Waals surface area contributed by atoms with E-state index in [1.54, 1.807) is 11.9 Å². The molecule has 12 heavy (non-hydrogen) atoms. The van der Waals surface area contributed by atoms with Crippen LogP contribution in [0.1, 0.15) is 20.8 Å². The Bertz CT molecular complexity index is 197.